The normalized spacial score (nSPS) is 37.0. The SMILES string of the molecule is CC1(C)CCCC1(N)CC1CCCCC1. The molecule has 1 heteroatoms. The van der Waals surface area contributed by atoms with Gasteiger partial charge in [-0.15, -0.1) is 0 Å². The van der Waals surface area contributed by atoms with Gasteiger partial charge in [-0.05, 0) is 30.6 Å². The van der Waals surface area contributed by atoms with Gasteiger partial charge in [0.2, 0.25) is 0 Å². The van der Waals surface area contributed by atoms with Gasteiger partial charge in [0, 0.05) is 5.54 Å². The molecule has 2 saturated carbocycles. The summed E-state index contributed by atoms with van der Waals surface area (Å²) in [5.41, 5.74) is 7.19. The summed E-state index contributed by atoms with van der Waals surface area (Å²) >= 11 is 0. The maximum Gasteiger partial charge on any atom is 0.0208 e. The molecule has 0 saturated heterocycles. The van der Waals surface area contributed by atoms with Gasteiger partial charge >= 0.3 is 0 Å². The minimum atomic E-state index is 0.148. The Bertz CT molecular complexity index is 215. The van der Waals surface area contributed by atoms with E-state index in [1.54, 1.807) is 0 Å². The second kappa shape index (κ2) is 4.08. The first-order valence-corrected chi connectivity index (χ1v) is 6.82. The molecule has 15 heavy (non-hydrogen) atoms. The van der Waals surface area contributed by atoms with Crippen LogP contribution in [0.1, 0.15) is 71.6 Å². The van der Waals surface area contributed by atoms with Gasteiger partial charge in [-0.2, -0.15) is 0 Å². The van der Waals surface area contributed by atoms with Gasteiger partial charge in [0.15, 0.2) is 0 Å². The Labute approximate surface area is 94.8 Å². The molecular weight excluding hydrogens is 182 g/mol. The van der Waals surface area contributed by atoms with Crippen LogP contribution < -0.4 is 5.73 Å². The molecule has 0 aliphatic heterocycles. The molecular formula is C14H27N. The highest BCUT2D eigenvalue weighted by Gasteiger charge is 2.46. The van der Waals surface area contributed by atoms with Gasteiger partial charge in [-0.25, -0.2) is 0 Å². The molecule has 0 aromatic rings. The fourth-order valence-electron chi connectivity index (χ4n) is 3.72. The van der Waals surface area contributed by atoms with Crippen LogP contribution in [0.2, 0.25) is 0 Å². The van der Waals surface area contributed by atoms with Crippen molar-refractivity contribution < 1.29 is 0 Å². The van der Waals surface area contributed by atoms with Gasteiger partial charge < -0.3 is 5.73 Å². The molecule has 0 amide bonds. The summed E-state index contributed by atoms with van der Waals surface area (Å²) in [7, 11) is 0. The third-order valence-corrected chi connectivity index (χ3v) is 5.15. The number of nitrogens with two attached hydrogens (primary N) is 1. The summed E-state index contributed by atoms with van der Waals surface area (Å²) < 4.78 is 0. The lowest BCUT2D eigenvalue weighted by Gasteiger charge is -2.41. The maximum absolute atomic E-state index is 6.67. The van der Waals surface area contributed by atoms with Crippen molar-refractivity contribution in [1.29, 1.82) is 0 Å². The highest BCUT2D eigenvalue weighted by Crippen LogP contribution is 2.48. The van der Waals surface area contributed by atoms with Crippen molar-refractivity contribution in [2.24, 2.45) is 17.1 Å². The van der Waals surface area contributed by atoms with Gasteiger partial charge in [0.1, 0.15) is 0 Å². The highest BCUT2D eigenvalue weighted by molar-refractivity contribution is 5.03. The van der Waals surface area contributed by atoms with Crippen LogP contribution in [0.15, 0.2) is 0 Å². The minimum Gasteiger partial charge on any atom is -0.325 e. The first-order valence-electron chi connectivity index (χ1n) is 6.82. The van der Waals surface area contributed by atoms with Crippen molar-refractivity contribution in [2.45, 2.75) is 77.2 Å². The zero-order valence-corrected chi connectivity index (χ0v) is 10.5. The molecule has 0 heterocycles. The first-order chi connectivity index (χ1) is 7.04. The van der Waals surface area contributed by atoms with Crippen LogP contribution in [0.25, 0.3) is 0 Å². The maximum atomic E-state index is 6.67. The molecule has 2 N–H and O–H groups in total. The fraction of sp³-hybridized carbons (Fsp3) is 1.00. The van der Waals surface area contributed by atoms with E-state index in [0.717, 1.165) is 5.92 Å². The quantitative estimate of drug-likeness (QED) is 0.734. The number of hydrogen-bond acceptors (Lipinski definition) is 1. The predicted molar refractivity (Wildman–Crippen MR) is 65.7 cm³/mol. The third-order valence-electron chi connectivity index (χ3n) is 5.15. The van der Waals surface area contributed by atoms with Gasteiger partial charge in [-0.3, -0.25) is 0 Å². The molecule has 2 aliphatic rings. The number of hydrogen-bond donors (Lipinski definition) is 1. The Balaban J connectivity index is 1.97. The highest BCUT2D eigenvalue weighted by atomic mass is 14.8. The third kappa shape index (κ3) is 2.22. The van der Waals surface area contributed by atoms with E-state index in [9.17, 15) is 0 Å². The smallest absolute Gasteiger partial charge is 0.0208 e. The molecule has 2 rings (SSSR count). The zero-order valence-electron chi connectivity index (χ0n) is 10.5. The van der Waals surface area contributed by atoms with Crippen LogP contribution in [0.5, 0.6) is 0 Å². The lowest BCUT2D eigenvalue weighted by Crippen LogP contribution is -2.50. The van der Waals surface area contributed by atoms with Crippen molar-refractivity contribution in [2.75, 3.05) is 0 Å². The topological polar surface area (TPSA) is 26.0 Å². The molecule has 1 nitrogen and oxygen atoms in total. The zero-order chi connectivity index (χ0) is 10.9. The van der Waals surface area contributed by atoms with Crippen molar-refractivity contribution >= 4 is 0 Å². The summed E-state index contributed by atoms with van der Waals surface area (Å²) in [5, 5.41) is 0. The average Bonchev–Trinajstić information content (AvgIpc) is 2.43. The molecule has 0 aromatic heterocycles. The van der Waals surface area contributed by atoms with Crippen molar-refractivity contribution in [3.8, 4) is 0 Å². The Morgan fingerprint density at radius 2 is 1.67 bits per heavy atom. The van der Waals surface area contributed by atoms with E-state index < -0.39 is 0 Å². The molecule has 0 aromatic carbocycles. The van der Waals surface area contributed by atoms with Crippen LogP contribution in [0.3, 0.4) is 0 Å². The van der Waals surface area contributed by atoms with E-state index >= 15 is 0 Å². The Morgan fingerprint density at radius 1 is 1.00 bits per heavy atom. The van der Waals surface area contributed by atoms with Gasteiger partial charge in [-0.1, -0.05) is 52.4 Å². The Kier molecular flexibility index (Phi) is 3.12. The van der Waals surface area contributed by atoms with E-state index in [0.29, 0.717) is 5.41 Å². The molecule has 0 radical (unpaired) electrons. The van der Waals surface area contributed by atoms with Crippen molar-refractivity contribution in [1.82, 2.24) is 0 Å². The van der Waals surface area contributed by atoms with Crippen molar-refractivity contribution in [3.63, 3.8) is 0 Å². The van der Waals surface area contributed by atoms with E-state index in [4.69, 9.17) is 5.73 Å². The Hall–Kier alpha value is -0.0400. The second-order valence-electron chi connectivity index (χ2n) is 6.60. The van der Waals surface area contributed by atoms with E-state index in [1.165, 1.54) is 57.8 Å². The molecule has 2 aliphatic carbocycles. The fourth-order valence-corrected chi connectivity index (χ4v) is 3.72. The molecule has 1 unspecified atom stereocenters. The molecule has 1 atom stereocenters. The molecule has 0 bridgehead atoms. The predicted octanol–water partition coefficient (Wildman–Crippen LogP) is 3.86. The number of rotatable bonds is 2. The lowest BCUT2D eigenvalue weighted by atomic mass is 9.69. The standard InChI is InChI=1S/C14H27N/c1-13(2)9-6-10-14(13,15)11-12-7-4-3-5-8-12/h12H,3-11,15H2,1-2H3. The van der Waals surface area contributed by atoms with Crippen LogP contribution in [-0.2, 0) is 0 Å². The van der Waals surface area contributed by atoms with E-state index in [1.807, 2.05) is 0 Å². The first kappa shape index (κ1) is 11.4. The molecule has 88 valence electrons. The van der Waals surface area contributed by atoms with Crippen molar-refractivity contribution in [3.05, 3.63) is 0 Å². The lowest BCUT2D eigenvalue weighted by molar-refractivity contribution is 0.151. The van der Waals surface area contributed by atoms with Crippen LogP contribution in [0, 0.1) is 11.3 Å². The van der Waals surface area contributed by atoms with Gasteiger partial charge in [0.05, 0.1) is 0 Å². The average molecular weight is 209 g/mol. The minimum absolute atomic E-state index is 0.148. The van der Waals surface area contributed by atoms with E-state index in [-0.39, 0.29) is 5.54 Å². The van der Waals surface area contributed by atoms with E-state index in [2.05, 4.69) is 13.8 Å². The van der Waals surface area contributed by atoms with Crippen LogP contribution in [0.4, 0.5) is 0 Å². The summed E-state index contributed by atoms with van der Waals surface area (Å²) in [6.07, 6.45) is 12.5. The van der Waals surface area contributed by atoms with Crippen LogP contribution >= 0.6 is 0 Å². The van der Waals surface area contributed by atoms with Crippen LogP contribution in [-0.4, -0.2) is 5.54 Å². The summed E-state index contributed by atoms with van der Waals surface area (Å²) in [5.74, 6) is 0.932. The monoisotopic (exact) mass is 209 g/mol. The second-order valence-corrected chi connectivity index (χ2v) is 6.60. The summed E-state index contributed by atoms with van der Waals surface area (Å²) in [6.45, 7) is 4.76. The summed E-state index contributed by atoms with van der Waals surface area (Å²) in [4.78, 5) is 0. The Morgan fingerprint density at radius 3 is 2.20 bits per heavy atom. The summed E-state index contributed by atoms with van der Waals surface area (Å²) in [6, 6.07) is 0. The molecule has 0 spiro atoms. The molecule has 2 fully saturated rings. The largest absolute Gasteiger partial charge is 0.325 e. The van der Waals surface area contributed by atoms with Gasteiger partial charge in [0.25, 0.3) is 0 Å².